The fourth-order valence-corrected chi connectivity index (χ4v) is 6.75. The lowest BCUT2D eigenvalue weighted by Crippen LogP contribution is -2.74. The van der Waals surface area contributed by atoms with Gasteiger partial charge in [-0.15, -0.1) is 0 Å². The lowest BCUT2D eigenvalue weighted by molar-refractivity contribution is -0.192. The number of carboxylic acids is 2. The Labute approximate surface area is 263 Å². The zero-order chi connectivity index (χ0) is 32.8. The minimum Gasteiger partial charge on any atom is -0.493 e. The number of carboxylic acid groups (broad SMARTS) is 2. The molecule has 1 unspecified atom stereocenters. The van der Waals surface area contributed by atoms with E-state index in [1.54, 1.807) is 27.0 Å². The van der Waals surface area contributed by atoms with Gasteiger partial charge in [-0.05, 0) is 50.1 Å². The summed E-state index contributed by atoms with van der Waals surface area (Å²) in [6, 6.07) is 2.76. The molecule has 250 valence electrons. The lowest BCUT2D eigenvalue weighted by atomic mass is 9.50. The van der Waals surface area contributed by atoms with Crippen LogP contribution in [-0.2, 0) is 35.8 Å². The predicted molar refractivity (Wildman–Crippen MR) is 155 cm³/mol. The number of aliphatic carboxylic acids is 2. The highest BCUT2D eigenvalue weighted by Gasteiger charge is 2.72. The van der Waals surface area contributed by atoms with Gasteiger partial charge >= 0.3 is 24.1 Å². The number of likely N-dealkylation sites (N-methyl/N-ethyl adjacent to an activating group) is 1. The van der Waals surface area contributed by atoms with E-state index in [1.807, 2.05) is 19.2 Å². The molecule has 1 amide bonds. The van der Waals surface area contributed by atoms with Crippen LogP contribution >= 0.6 is 13.5 Å². The van der Waals surface area contributed by atoms with Crippen LogP contribution in [0.3, 0.4) is 0 Å². The van der Waals surface area contributed by atoms with Crippen LogP contribution < -0.4 is 14.8 Å². The number of nitrogens with one attached hydrogen (secondary N) is 1. The van der Waals surface area contributed by atoms with Crippen molar-refractivity contribution in [3.8, 4) is 11.5 Å². The number of ether oxygens (including phenoxy) is 3. The van der Waals surface area contributed by atoms with E-state index in [2.05, 4.69) is 10.2 Å². The molecule has 1 saturated heterocycles. The van der Waals surface area contributed by atoms with Gasteiger partial charge in [-0.3, -0.25) is 9.59 Å². The highest BCUT2D eigenvalue weighted by Crippen LogP contribution is 2.65. The molecule has 1 aromatic rings. The normalized spacial score (nSPS) is 26.5. The number of rotatable bonds is 8. The molecule has 2 bridgehead atoms. The molecule has 1 spiro atoms. The molecule has 5 rings (SSSR count). The summed E-state index contributed by atoms with van der Waals surface area (Å²) < 4.78 is 49.5. The van der Waals surface area contributed by atoms with Crippen molar-refractivity contribution in [2.24, 2.45) is 5.92 Å². The maximum Gasteiger partial charge on any atom is 0.490 e. The molecular formula is C29H37F3N2O10S. The number of halogens is 3. The van der Waals surface area contributed by atoms with E-state index in [9.17, 15) is 37.8 Å². The summed E-state index contributed by atoms with van der Waals surface area (Å²) in [5, 5.41) is 31.1. The van der Waals surface area contributed by atoms with Gasteiger partial charge in [-0.25, -0.2) is 9.59 Å². The van der Waals surface area contributed by atoms with Crippen LogP contribution in [0.1, 0.15) is 50.7 Å². The summed E-state index contributed by atoms with van der Waals surface area (Å²) in [6.45, 7) is 4.15. The molecule has 2 aliphatic carbocycles. The number of amides is 1. The fraction of sp³-hybridized carbons (Fsp3) is 0.586. The van der Waals surface area contributed by atoms with Crippen LogP contribution in [0.25, 0.3) is 0 Å². The number of carbonyl (C=O) groups excluding carboxylic acids is 2. The van der Waals surface area contributed by atoms with Gasteiger partial charge in [0.25, 0.3) is 0 Å². The molecule has 45 heavy (non-hydrogen) atoms. The Balaban J connectivity index is 0.000000621. The Morgan fingerprint density at radius 1 is 1.18 bits per heavy atom. The number of hydrogen-bond donors (Lipinski definition) is 4. The van der Waals surface area contributed by atoms with Crippen molar-refractivity contribution in [2.75, 3.05) is 20.7 Å². The standard InChI is InChI=1S/C27H34N2O8.C2HF3O2.H2S/c1-14(2)22(25(32)33)28-19(30)7-8-20(31)36-17-9-10-27(34)18-13-15-5-6-16(35-4)23-21(15)26(27,24(17)37-23)11-12-29(18)3;3-2(4,5)1(6)7;/h5-6,9,14,18,22,24,34H,7-8,10-13H2,1-4H3,(H,28,30)(H,32,33);(H,6,7);1H2/t18-,22+,24?,26+,27-;;/m1../s1. The van der Waals surface area contributed by atoms with Gasteiger partial charge in [-0.2, -0.15) is 26.7 Å². The first kappa shape index (κ1) is 36.0. The number of hydrogen-bond acceptors (Lipinski definition) is 9. The first-order chi connectivity index (χ1) is 20.5. The van der Waals surface area contributed by atoms with Gasteiger partial charge in [0.15, 0.2) is 17.6 Å². The van der Waals surface area contributed by atoms with Crippen molar-refractivity contribution >= 4 is 37.3 Å². The second-order valence-corrected chi connectivity index (χ2v) is 11.7. The lowest BCUT2D eigenvalue weighted by Gasteiger charge is -2.61. The number of benzene rings is 1. The summed E-state index contributed by atoms with van der Waals surface area (Å²) in [6.07, 6.45) is -2.87. The molecule has 16 heteroatoms. The Morgan fingerprint density at radius 3 is 2.38 bits per heavy atom. The number of methoxy groups -OCH3 is 1. The molecule has 12 nitrogen and oxygen atoms in total. The second kappa shape index (κ2) is 13.1. The van der Waals surface area contributed by atoms with Crippen molar-refractivity contribution in [2.45, 2.75) is 81.3 Å². The summed E-state index contributed by atoms with van der Waals surface area (Å²) >= 11 is 0. The largest absolute Gasteiger partial charge is 0.493 e. The molecule has 2 aliphatic heterocycles. The first-order valence-corrected chi connectivity index (χ1v) is 14.0. The van der Waals surface area contributed by atoms with E-state index in [-0.39, 0.29) is 38.3 Å². The van der Waals surface area contributed by atoms with E-state index in [4.69, 9.17) is 24.1 Å². The summed E-state index contributed by atoms with van der Waals surface area (Å²) in [4.78, 5) is 47.5. The third-order valence-corrected chi connectivity index (χ3v) is 8.84. The summed E-state index contributed by atoms with van der Waals surface area (Å²) in [7, 11) is 3.60. The Kier molecular flexibility index (Phi) is 10.5. The highest BCUT2D eigenvalue weighted by molar-refractivity contribution is 7.59. The number of carbonyl (C=O) groups is 4. The molecular weight excluding hydrogens is 625 g/mol. The average Bonchev–Trinajstić information content (AvgIpc) is 3.29. The number of likely N-dealkylation sites (tertiary alicyclic amines) is 1. The minimum atomic E-state index is -5.08. The number of esters is 1. The van der Waals surface area contributed by atoms with Gasteiger partial charge in [0, 0.05) is 24.4 Å². The Morgan fingerprint density at radius 2 is 1.82 bits per heavy atom. The van der Waals surface area contributed by atoms with Gasteiger partial charge in [0.1, 0.15) is 11.8 Å². The molecule has 0 radical (unpaired) electrons. The first-order valence-electron chi connectivity index (χ1n) is 14.0. The number of piperidine rings is 1. The van der Waals surface area contributed by atoms with Crippen LogP contribution in [0.2, 0.25) is 0 Å². The molecule has 1 fully saturated rings. The predicted octanol–water partition coefficient (Wildman–Crippen LogP) is 2.27. The molecule has 1 aromatic carbocycles. The number of alkyl halides is 3. The van der Waals surface area contributed by atoms with Gasteiger partial charge in [0.05, 0.1) is 24.5 Å². The molecule has 0 aromatic heterocycles. The van der Waals surface area contributed by atoms with E-state index in [0.717, 1.165) is 17.7 Å². The highest BCUT2D eigenvalue weighted by atomic mass is 32.1. The van der Waals surface area contributed by atoms with Gasteiger partial charge in [0.2, 0.25) is 5.91 Å². The van der Waals surface area contributed by atoms with Crippen LogP contribution in [0.15, 0.2) is 24.0 Å². The zero-order valence-electron chi connectivity index (χ0n) is 25.1. The molecule has 4 aliphatic rings. The third kappa shape index (κ3) is 6.31. The monoisotopic (exact) mass is 662 g/mol. The second-order valence-electron chi connectivity index (χ2n) is 11.7. The number of aliphatic hydroxyl groups is 1. The fourth-order valence-electron chi connectivity index (χ4n) is 6.75. The van der Waals surface area contributed by atoms with Crippen molar-refractivity contribution < 1.29 is 61.9 Å². The summed E-state index contributed by atoms with van der Waals surface area (Å²) in [5.41, 5.74) is 0.156. The van der Waals surface area contributed by atoms with E-state index in [0.29, 0.717) is 36.5 Å². The van der Waals surface area contributed by atoms with Gasteiger partial charge < -0.3 is 39.7 Å². The van der Waals surface area contributed by atoms with Gasteiger partial charge in [-0.1, -0.05) is 19.9 Å². The van der Waals surface area contributed by atoms with Crippen molar-refractivity contribution in [1.82, 2.24) is 10.2 Å². The summed E-state index contributed by atoms with van der Waals surface area (Å²) in [5.74, 6) is -3.84. The molecule has 2 heterocycles. The zero-order valence-corrected chi connectivity index (χ0v) is 26.1. The number of nitrogens with zero attached hydrogens (tertiary/aromatic N) is 1. The maximum atomic E-state index is 12.8. The topological polar surface area (TPSA) is 172 Å². The average molecular weight is 663 g/mol. The van der Waals surface area contributed by atoms with Crippen molar-refractivity contribution in [3.63, 3.8) is 0 Å². The van der Waals surface area contributed by atoms with Crippen LogP contribution in [0, 0.1) is 5.92 Å². The van der Waals surface area contributed by atoms with Crippen LogP contribution in [-0.4, -0.2) is 94.7 Å². The van der Waals surface area contributed by atoms with Crippen molar-refractivity contribution in [3.05, 3.63) is 35.1 Å². The SMILES string of the molecule is COc1ccc2c3c1OC1C(OC(=O)CCC(=O)N[C@H](C(=O)O)C(C)C)=CC[C@@]4(O)[C@@H](C2)N(C)CC[C@]314.O=C(O)C(F)(F)F.S. The minimum absolute atomic E-state index is 0. The van der Waals surface area contributed by atoms with Crippen molar-refractivity contribution in [1.29, 1.82) is 0 Å². The van der Waals surface area contributed by atoms with E-state index < -0.39 is 53.2 Å². The Hall–Kier alpha value is -3.50. The smallest absolute Gasteiger partial charge is 0.490 e. The Bertz CT molecular complexity index is 1390. The van der Waals surface area contributed by atoms with E-state index in [1.165, 1.54) is 0 Å². The quantitative estimate of drug-likeness (QED) is 0.301. The molecule has 4 N–H and O–H groups in total. The molecule has 0 saturated carbocycles. The third-order valence-electron chi connectivity index (χ3n) is 8.84. The maximum absolute atomic E-state index is 12.8. The van der Waals surface area contributed by atoms with Crippen LogP contribution in [0.5, 0.6) is 11.5 Å². The van der Waals surface area contributed by atoms with E-state index >= 15 is 0 Å². The molecule has 5 atom stereocenters. The van der Waals surface area contributed by atoms with Crippen LogP contribution in [0.4, 0.5) is 13.2 Å².